The maximum Gasteiger partial charge on any atom is 0.324 e. The number of carbonyl (C=O) groups excluding carboxylic acids is 3. The molecule has 4 aromatic rings. The summed E-state index contributed by atoms with van der Waals surface area (Å²) in [5.74, 6) is -0.0273. The predicted molar refractivity (Wildman–Crippen MR) is 112 cm³/mol. The quantitative estimate of drug-likeness (QED) is 0.458. The molecule has 33 heavy (non-hydrogen) atoms. The van der Waals surface area contributed by atoms with Gasteiger partial charge >= 0.3 is 6.03 Å². The molecule has 0 saturated carbocycles. The van der Waals surface area contributed by atoms with Crippen molar-refractivity contribution in [2.24, 2.45) is 0 Å². The standard InChI is InChI=1S/C22H16N6O5/c1-32-13-4-3-12-11-27(19(29)14(12)9-13)22(20(30)25-21(31)26-22)17-10-15-16(33-17)5-6-18(24-15)28-8-2-7-23-28/h2-10H,11H2,1H3,(H2,25,26,30,31)/t22-/m1/s1. The Morgan fingerprint density at radius 2 is 2.03 bits per heavy atom. The Balaban J connectivity index is 1.48. The molecule has 2 aliphatic rings. The van der Waals surface area contributed by atoms with Gasteiger partial charge in [0.25, 0.3) is 17.5 Å². The number of amides is 4. The molecule has 1 atom stereocenters. The second-order valence-corrected chi connectivity index (χ2v) is 7.65. The first-order chi connectivity index (χ1) is 16.0. The van der Waals surface area contributed by atoms with Crippen LogP contribution in [0.1, 0.15) is 21.7 Å². The third kappa shape index (κ3) is 2.65. The molecule has 6 rings (SSSR count). The number of furan rings is 1. The van der Waals surface area contributed by atoms with Gasteiger partial charge in [-0.25, -0.2) is 14.5 Å². The molecule has 1 aromatic carbocycles. The summed E-state index contributed by atoms with van der Waals surface area (Å²) in [5, 5.41) is 9.00. The first-order valence-electron chi connectivity index (χ1n) is 10.0. The van der Waals surface area contributed by atoms with Crippen molar-refractivity contribution < 1.29 is 23.5 Å². The normalized spacial score (nSPS) is 19.7. The molecule has 11 heteroatoms. The van der Waals surface area contributed by atoms with Crippen LogP contribution < -0.4 is 15.4 Å². The Morgan fingerprint density at radius 1 is 1.15 bits per heavy atom. The Morgan fingerprint density at radius 3 is 2.76 bits per heavy atom. The third-order valence-corrected chi connectivity index (χ3v) is 5.83. The fourth-order valence-corrected chi connectivity index (χ4v) is 4.24. The molecule has 1 saturated heterocycles. The topological polar surface area (TPSA) is 132 Å². The van der Waals surface area contributed by atoms with Gasteiger partial charge in [0.2, 0.25) is 0 Å². The van der Waals surface area contributed by atoms with Crippen molar-refractivity contribution in [3.8, 4) is 11.6 Å². The predicted octanol–water partition coefficient (Wildman–Crippen LogP) is 1.67. The van der Waals surface area contributed by atoms with Gasteiger partial charge in [-0.1, -0.05) is 6.07 Å². The average Bonchev–Trinajstić information content (AvgIpc) is 3.59. The number of fused-ring (bicyclic) bond motifs is 2. The van der Waals surface area contributed by atoms with E-state index in [2.05, 4.69) is 20.7 Å². The van der Waals surface area contributed by atoms with Crippen LogP contribution in [0.5, 0.6) is 5.75 Å². The number of nitrogens with one attached hydrogen (secondary N) is 2. The molecule has 2 aliphatic heterocycles. The van der Waals surface area contributed by atoms with Crippen LogP contribution in [-0.2, 0) is 17.0 Å². The van der Waals surface area contributed by atoms with Gasteiger partial charge in [0.15, 0.2) is 17.2 Å². The minimum atomic E-state index is -1.87. The van der Waals surface area contributed by atoms with E-state index >= 15 is 0 Å². The van der Waals surface area contributed by atoms with Gasteiger partial charge in [0, 0.05) is 24.0 Å². The van der Waals surface area contributed by atoms with E-state index in [1.165, 1.54) is 12.0 Å². The minimum Gasteiger partial charge on any atom is -0.497 e. The highest BCUT2D eigenvalue weighted by molar-refractivity contribution is 6.11. The molecule has 2 N–H and O–H groups in total. The van der Waals surface area contributed by atoms with Crippen molar-refractivity contribution in [1.82, 2.24) is 30.3 Å². The van der Waals surface area contributed by atoms with Crippen LogP contribution in [0.4, 0.5) is 4.79 Å². The summed E-state index contributed by atoms with van der Waals surface area (Å²) in [5.41, 5.74) is 0.0481. The van der Waals surface area contributed by atoms with Crippen LogP contribution in [-0.4, -0.2) is 44.6 Å². The van der Waals surface area contributed by atoms with E-state index in [4.69, 9.17) is 9.15 Å². The van der Waals surface area contributed by atoms with Crippen molar-refractivity contribution in [1.29, 1.82) is 0 Å². The number of imide groups is 1. The Labute approximate surface area is 185 Å². The van der Waals surface area contributed by atoms with Gasteiger partial charge in [0.05, 0.1) is 13.7 Å². The lowest BCUT2D eigenvalue weighted by molar-refractivity contribution is -0.131. The van der Waals surface area contributed by atoms with Crippen LogP contribution >= 0.6 is 0 Å². The molecule has 0 spiro atoms. The molecule has 3 aromatic heterocycles. The molecule has 0 unspecified atom stereocenters. The summed E-state index contributed by atoms with van der Waals surface area (Å²) >= 11 is 0. The maximum absolute atomic E-state index is 13.4. The molecule has 4 amide bonds. The van der Waals surface area contributed by atoms with Crippen LogP contribution in [0.2, 0.25) is 0 Å². The molecule has 1 fully saturated rings. The van der Waals surface area contributed by atoms with E-state index < -0.39 is 23.5 Å². The number of hydrogen-bond donors (Lipinski definition) is 2. The van der Waals surface area contributed by atoms with Gasteiger partial charge in [-0.3, -0.25) is 19.8 Å². The lowest BCUT2D eigenvalue weighted by Crippen LogP contribution is -2.57. The monoisotopic (exact) mass is 444 g/mol. The molecule has 5 heterocycles. The number of rotatable bonds is 4. The van der Waals surface area contributed by atoms with Gasteiger partial charge in [-0.05, 0) is 35.9 Å². The molecule has 0 radical (unpaired) electrons. The van der Waals surface area contributed by atoms with Gasteiger partial charge in [-0.15, -0.1) is 0 Å². The third-order valence-electron chi connectivity index (χ3n) is 5.83. The SMILES string of the molecule is COc1ccc2c(c1)C(=O)N([C@@]1(c3cc4nc(-n5cccn5)ccc4o3)NC(=O)NC1=O)C2. The molecule has 11 nitrogen and oxygen atoms in total. The number of methoxy groups -OCH3 is 1. The molecule has 0 aliphatic carbocycles. The van der Waals surface area contributed by atoms with E-state index in [0.29, 0.717) is 33.8 Å². The second-order valence-electron chi connectivity index (χ2n) is 7.65. The first kappa shape index (κ1) is 19.0. The van der Waals surface area contributed by atoms with Crippen molar-refractivity contribution in [3.63, 3.8) is 0 Å². The summed E-state index contributed by atoms with van der Waals surface area (Å²) in [6.07, 6.45) is 3.38. The number of urea groups is 1. The van der Waals surface area contributed by atoms with Crippen LogP contribution in [0.25, 0.3) is 16.9 Å². The zero-order valence-electron chi connectivity index (χ0n) is 17.2. The number of nitrogens with zero attached hydrogens (tertiary/aromatic N) is 4. The van der Waals surface area contributed by atoms with Crippen LogP contribution in [0, 0.1) is 0 Å². The zero-order valence-corrected chi connectivity index (χ0v) is 17.2. The second kappa shape index (κ2) is 6.66. The molecular formula is C22H16N6O5. The maximum atomic E-state index is 13.4. The zero-order chi connectivity index (χ0) is 22.7. The number of carbonyl (C=O) groups is 3. The smallest absolute Gasteiger partial charge is 0.324 e. The van der Waals surface area contributed by atoms with E-state index in [0.717, 1.165) is 0 Å². The highest BCUT2D eigenvalue weighted by Crippen LogP contribution is 2.39. The Hall–Kier alpha value is -4.67. The van der Waals surface area contributed by atoms with Crippen LogP contribution in [0.15, 0.2) is 59.3 Å². The van der Waals surface area contributed by atoms with Gasteiger partial charge in [0.1, 0.15) is 11.3 Å². The van der Waals surface area contributed by atoms with Crippen molar-refractivity contribution >= 4 is 28.9 Å². The average molecular weight is 444 g/mol. The summed E-state index contributed by atoms with van der Waals surface area (Å²) in [7, 11) is 1.50. The largest absolute Gasteiger partial charge is 0.497 e. The summed E-state index contributed by atoms with van der Waals surface area (Å²) in [6.45, 7) is 0.0921. The number of hydrogen-bond acceptors (Lipinski definition) is 7. The first-order valence-corrected chi connectivity index (χ1v) is 10.0. The fourth-order valence-electron chi connectivity index (χ4n) is 4.24. The number of pyridine rings is 1. The van der Waals surface area contributed by atoms with Crippen LogP contribution in [0.3, 0.4) is 0 Å². The summed E-state index contributed by atoms with van der Waals surface area (Å²) < 4.78 is 12.8. The van der Waals surface area contributed by atoms with Crippen molar-refractivity contribution in [2.75, 3.05) is 7.11 Å². The highest BCUT2D eigenvalue weighted by atomic mass is 16.5. The van der Waals surface area contributed by atoms with E-state index in [1.807, 2.05) is 0 Å². The van der Waals surface area contributed by atoms with Crippen molar-refractivity contribution in [2.45, 2.75) is 12.2 Å². The van der Waals surface area contributed by atoms with E-state index in [-0.39, 0.29) is 12.3 Å². The Bertz CT molecular complexity index is 1460. The van der Waals surface area contributed by atoms with Gasteiger partial charge < -0.3 is 14.5 Å². The molecule has 0 bridgehead atoms. The van der Waals surface area contributed by atoms with E-state index in [9.17, 15) is 14.4 Å². The lowest BCUT2D eigenvalue weighted by Gasteiger charge is -2.33. The number of ether oxygens (including phenoxy) is 1. The fraction of sp³-hybridized carbons (Fsp3) is 0.136. The highest BCUT2D eigenvalue weighted by Gasteiger charge is 2.58. The Kier molecular flexibility index (Phi) is 3.85. The minimum absolute atomic E-state index is 0.0686. The number of benzene rings is 1. The van der Waals surface area contributed by atoms with Crippen molar-refractivity contribution in [3.05, 3.63) is 71.7 Å². The lowest BCUT2D eigenvalue weighted by atomic mass is 10.1. The van der Waals surface area contributed by atoms with Gasteiger partial charge in [-0.2, -0.15) is 5.10 Å². The molecule has 164 valence electrons. The summed E-state index contributed by atoms with van der Waals surface area (Å²) in [6, 6.07) is 11.1. The molecular weight excluding hydrogens is 428 g/mol. The summed E-state index contributed by atoms with van der Waals surface area (Å²) in [4.78, 5) is 44.6. The number of aromatic nitrogens is 3. The van der Waals surface area contributed by atoms with E-state index in [1.54, 1.807) is 59.5 Å².